The molecule has 2 heterocycles. The van der Waals surface area contributed by atoms with Crippen LogP contribution in [0.5, 0.6) is 0 Å². The SMILES string of the molecule is CCO[C@@H]1C[C@@H](NC(=O)NCc2nnc3n2CCC3)C12CCCC2. The van der Waals surface area contributed by atoms with Gasteiger partial charge in [-0.15, -0.1) is 10.2 Å². The molecule has 0 unspecified atom stereocenters. The molecule has 1 aromatic rings. The lowest BCUT2D eigenvalue weighted by Gasteiger charge is -2.53. The van der Waals surface area contributed by atoms with Gasteiger partial charge in [0.1, 0.15) is 5.82 Å². The van der Waals surface area contributed by atoms with Gasteiger partial charge in [0.25, 0.3) is 0 Å². The number of aryl methyl sites for hydroxylation is 1. The van der Waals surface area contributed by atoms with E-state index >= 15 is 0 Å². The standard InChI is InChI=1S/C17H27N5O2/c1-2-24-13-10-12(17(13)7-3-4-8-17)19-16(23)18-11-15-21-20-14-6-5-9-22(14)15/h12-13H,2-11H2,1H3,(H2,18,19,23)/t12-,13-/m1/s1. The zero-order valence-electron chi connectivity index (χ0n) is 14.4. The van der Waals surface area contributed by atoms with Crippen LogP contribution in [0.2, 0.25) is 0 Å². The third kappa shape index (κ3) is 2.59. The first-order valence-electron chi connectivity index (χ1n) is 9.30. The Kier molecular flexibility index (Phi) is 4.20. The van der Waals surface area contributed by atoms with Crippen LogP contribution in [0.1, 0.15) is 57.1 Å². The largest absolute Gasteiger partial charge is 0.378 e. The number of fused-ring (bicyclic) bond motifs is 1. The molecule has 0 radical (unpaired) electrons. The topological polar surface area (TPSA) is 81.1 Å². The van der Waals surface area contributed by atoms with Crippen molar-refractivity contribution >= 4 is 6.03 Å². The number of ether oxygens (including phenoxy) is 1. The maximum absolute atomic E-state index is 12.3. The summed E-state index contributed by atoms with van der Waals surface area (Å²) in [6, 6.07) is 0.136. The summed E-state index contributed by atoms with van der Waals surface area (Å²) < 4.78 is 8.02. The normalized spacial score (nSPS) is 27.0. The Labute approximate surface area is 142 Å². The van der Waals surface area contributed by atoms with Gasteiger partial charge in [0.15, 0.2) is 5.82 Å². The summed E-state index contributed by atoms with van der Waals surface area (Å²) in [6.07, 6.45) is 8.18. The number of nitrogens with zero attached hydrogens (tertiary/aromatic N) is 3. The molecule has 4 rings (SSSR count). The van der Waals surface area contributed by atoms with Gasteiger partial charge in [0.05, 0.1) is 12.6 Å². The maximum Gasteiger partial charge on any atom is 0.315 e. The number of rotatable bonds is 5. The van der Waals surface area contributed by atoms with E-state index < -0.39 is 0 Å². The molecule has 0 saturated heterocycles. The van der Waals surface area contributed by atoms with Crippen molar-refractivity contribution in [2.75, 3.05) is 6.61 Å². The molecule has 2 amide bonds. The van der Waals surface area contributed by atoms with E-state index in [9.17, 15) is 4.79 Å². The minimum atomic E-state index is -0.100. The highest BCUT2D eigenvalue weighted by Gasteiger charge is 2.57. The highest BCUT2D eigenvalue weighted by atomic mass is 16.5. The van der Waals surface area contributed by atoms with Gasteiger partial charge in [-0.2, -0.15) is 0 Å². The Morgan fingerprint density at radius 2 is 2.17 bits per heavy atom. The fraction of sp³-hybridized carbons (Fsp3) is 0.824. The number of carbonyl (C=O) groups excluding carboxylic acids is 1. The molecule has 2 aliphatic carbocycles. The number of aromatic nitrogens is 3. The van der Waals surface area contributed by atoms with E-state index in [1.165, 1.54) is 25.7 Å². The Balaban J connectivity index is 1.31. The highest BCUT2D eigenvalue weighted by Crippen LogP contribution is 2.54. The molecule has 1 aromatic heterocycles. The van der Waals surface area contributed by atoms with E-state index in [0.29, 0.717) is 12.6 Å². The zero-order chi connectivity index (χ0) is 16.6. The predicted octanol–water partition coefficient (Wildman–Crippen LogP) is 1.76. The van der Waals surface area contributed by atoms with Crippen LogP contribution < -0.4 is 10.6 Å². The van der Waals surface area contributed by atoms with E-state index in [-0.39, 0.29) is 17.5 Å². The fourth-order valence-electron chi connectivity index (χ4n) is 4.80. The summed E-state index contributed by atoms with van der Waals surface area (Å²) in [4.78, 5) is 12.3. The van der Waals surface area contributed by atoms with Gasteiger partial charge in [0.2, 0.25) is 0 Å². The molecule has 2 atom stereocenters. The molecular weight excluding hydrogens is 306 g/mol. The fourth-order valence-corrected chi connectivity index (χ4v) is 4.80. The van der Waals surface area contributed by atoms with Crippen LogP contribution in [0.15, 0.2) is 0 Å². The van der Waals surface area contributed by atoms with Gasteiger partial charge in [-0.3, -0.25) is 0 Å². The second-order valence-electron chi connectivity index (χ2n) is 7.29. The molecular formula is C17H27N5O2. The lowest BCUT2D eigenvalue weighted by molar-refractivity contribution is -0.126. The lowest BCUT2D eigenvalue weighted by Crippen LogP contribution is -2.64. The minimum Gasteiger partial charge on any atom is -0.378 e. The van der Waals surface area contributed by atoms with E-state index in [1.54, 1.807) is 0 Å². The van der Waals surface area contributed by atoms with Crippen LogP contribution in [0.4, 0.5) is 4.79 Å². The molecule has 3 aliphatic rings. The van der Waals surface area contributed by atoms with Crippen molar-refractivity contribution in [2.45, 2.75) is 77.1 Å². The van der Waals surface area contributed by atoms with Crippen LogP contribution in [0, 0.1) is 5.41 Å². The third-order valence-corrected chi connectivity index (χ3v) is 6.09. The summed E-state index contributed by atoms with van der Waals surface area (Å²) in [5.74, 6) is 1.89. The Bertz CT molecular complexity index is 608. The van der Waals surface area contributed by atoms with E-state index in [1.807, 2.05) is 6.92 Å². The van der Waals surface area contributed by atoms with Crippen molar-refractivity contribution in [3.8, 4) is 0 Å². The van der Waals surface area contributed by atoms with Crippen molar-refractivity contribution in [1.29, 1.82) is 0 Å². The maximum atomic E-state index is 12.3. The molecule has 1 aliphatic heterocycles. The number of amides is 2. The van der Waals surface area contributed by atoms with Gasteiger partial charge < -0.3 is 19.9 Å². The van der Waals surface area contributed by atoms with Gasteiger partial charge in [0, 0.05) is 31.0 Å². The zero-order valence-corrected chi connectivity index (χ0v) is 14.4. The van der Waals surface area contributed by atoms with E-state index in [4.69, 9.17) is 4.74 Å². The molecule has 132 valence electrons. The molecule has 0 aromatic carbocycles. The molecule has 0 bridgehead atoms. The number of carbonyl (C=O) groups is 1. The van der Waals surface area contributed by atoms with E-state index in [0.717, 1.165) is 44.1 Å². The molecule has 24 heavy (non-hydrogen) atoms. The first kappa shape index (κ1) is 15.9. The molecule has 7 heteroatoms. The van der Waals surface area contributed by atoms with Crippen LogP contribution in [-0.2, 0) is 24.2 Å². The van der Waals surface area contributed by atoms with Crippen molar-refractivity contribution < 1.29 is 9.53 Å². The summed E-state index contributed by atoms with van der Waals surface area (Å²) in [5, 5.41) is 14.5. The summed E-state index contributed by atoms with van der Waals surface area (Å²) in [6.45, 7) is 4.20. The summed E-state index contributed by atoms with van der Waals surface area (Å²) >= 11 is 0. The molecule has 1 spiro atoms. The highest BCUT2D eigenvalue weighted by molar-refractivity contribution is 5.74. The van der Waals surface area contributed by atoms with Crippen molar-refractivity contribution in [1.82, 2.24) is 25.4 Å². The molecule has 2 saturated carbocycles. The first-order chi connectivity index (χ1) is 11.7. The van der Waals surface area contributed by atoms with Crippen LogP contribution in [0.25, 0.3) is 0 Å². The Morgan fingerprint density at radius 1 is 1.33 bits per heavy atom. The van der Waals surface area contributed by atoms with Crippen molar-refractivity contribution in [3.05, 3.63) is 11.6 Å². The number of hydrogen-bond acceptors (Lipinski definition) is 4. The lowest BCUT2D eigenvalue weighted by atomic mass is 9.60. The minimum absolute atomic E-state index is 0.100. The van der Waals surface area contributed by atoms with Crippen molar-refractivity contribution in [3.63, 3.8) is 0 Å². The number of hydrogen-bond donors (Lipinski definition) is 2. The average molecular weight is 333 g/mol. The predicted molar refractivity (Wildman–Crippen MR) is 88.4 cm³/mol. The van der Waals surface area contributed by atoms with Crippen LogP contribution in [0.3, 0.4) is 0 Å². The van der Waals surface area contributed by atoms with Gasteiger partial charge in [-0.25, -0.2) is 4.79 Å². The quantitative estimate of drug-likeness (QED) is 0.860. The van der Waals surface area contributed by atoms with Gasteiger partial charge in [-0.1, -0.05) is 12.8 Å². The first-order valence-corrected chi connectivity index (χ1v) is 9.30. The van der Waals surface area contributed by atoms with Crippen molar-refractivity contribution in [2.24, 2.45) is 5.41 Å². The van der Waals surface area contributed by atoms with Gasteiger partial charge in [-0.05, 0) is 32.6 Å². The Morgan fingerprint density at radius 3 is 2.96 bits per heavy atom. The van der Waals surface area contributed by atoms with E-state index in [2.05, 4.69) is 25.4 Å². The summed E-state index contributed by atoms with van der Waals surface area (Å²) in [5.41, 5.74) is 0.170. The third-order valence-electron chi connectivity index (χ3n) is 6.09. The monoisotopic (exact) mass is 333 g/mol. The molecule has 7 nitrogen and oxygen atoms in total. The summed E-state index contributed by atoms with van der Waals surface area (Å²) in [7, 11) is 0. The number of urea groups is 1. The smallest absolute Gasteiger partial charge is 0.315 e. The second kappa shape index (κ2) is 6.35. The molecule has 2 fully saturated rings. The van der Waals surface area contributed by atoms with Crippen LogP contribution >= 0.6 is 0 Å². The van der Waals surface area contributed by atoms with Gasteiger partial charge >= 0.3 is 6.03 Å². The number of nitrogens with one attached hydrogen (secondary N) is 2. The average Bonchev–Trinajstić information content (AvgIpc) is 3.29. The second-order valence-corrected chi connectivity index (χ2v) is 7.29. The van der Waals surface area contributed by atoms with Crippen LogP contribution in [-0.4, -0.2) is 39.5 Å². The Hall–Kier alpha value is -1.63. The molecule has 2 N–H and O–H groups in total.